The average molecular weight is 263 g/mol. The van der Waals surface area contributed by atoms with Gasteiger partial charge in [-0.25, -0.2) is 0 Å². The minimum Gasteiger partial charge on any atom is -0.376 e. The average Bonchev–Trinajstić information content (AvgIpc) is 2.42. The maximum atomic E-state index is 5.97. The Morgan fingerprint density at radius 2 is 1.68 bits per heavy atom. The lowest BCUT2D eigenvalue weighted by Gasteiger charge is -2.31. The molecular weight excluding hydrogens is 234 g/mol. The molecule has 0 heterocycles. The Kier molecular flexibility index (Phi) is 7.11. The van der Waals surface area contributed by atoms with Crippen LogP contribution in [0.2, 0.25) is 0 Å². The Bertz CT molecular complexity index is 345. The van der Waals surface area contributed by atoms with Gasteiger partial charge in [0.2, 0.25) is 0 Å². The maximum absolute atomic E-state index is 5.97. The summed E-state index contributed by atoms with van der Waals surface area (Å²) in [5, 5.41) is 3.58. The third-order valence-electron chi connectivity index (χ3n) is 3.52. The summed E-state index contributed by atoms with van der Waals surface area (Å²) in [6, 6.07) is 9.20. The maximum Gasteiger partial charge on any atom is 0.0792 e. The molecule has 0 aliphatic heterocycles. The second-order valence-corrected chi connectivity index (χ2v) is 5.29. The van der Waals surface area contributed by atoms with Crippen LogP contribution in [0.3, 0.4) is 0 Å². The highest BCUT2D eigenvalue weighted by Gasteiger charge is 2.25. The van der Waals surface area contributed by atoms with E-state index in [-0.39, 0.29) is 12.1 Å². The molecule has 0 saturated carbocycles. The Morgan fingerprint density at radius 1 is 1.05 bits per heavy atom. The van der Waals surface area contributed by atoms with E-state index >= 15 is 0 Å². The van der Waals surface area contributed by atoms with Crippen LogP contribution >= 0.6 is 0 Å². The van der Waals surface area contributed by atoms with E-state index in [9.17, 15) is 0 Å². The summed E-state index contributed by atoms with van der Waals surface area (Å²) >= 11 is 0. The number of likely N-dealkylation sites (N-methyl/N-ethyl adjacent to an activating group) is 1. The van der Waals surface area contributed by atoms with Gasteiger partial charge in [0.15, 0.2) is 0 Å². The van der Waals surface area contributed by atoms with Gasteiger partial charge in [-0.1, -0.05) is 52.0 Å². The number of ether oxygens (including phenoxy) is 1. The van der Waals surface area contributed by atoms with Crippen molar-refractivity contribution >= 4 is 0 Å². The van der Waals surface area contributed by atoms with Crippen LogP contribution < -0.4 is 5.32 Å². The van der Waals surface area contributed by atoms with Gasteiger partial charge in [0.05, 0.1) is 12.1 Å². The minimum absolute atomic E-state index is 0.220. The van der Waals surface area contributed by atoms with E-state index in [0.717, 1.165) is 19.6 Å². The lowest BCUT2D eigenvalue weighted by Crippen LogP contribution is -2.37. The fourth-order valence-electron chi connectivity index (χ4n) is 2.47. The molecule has 0 aliphatic rings. The van der Waals surface area contributed by atoms with E-state index in [1.54, 1.807) is 0 Å². The molecule has 108 valence electrons. The van der Waals surface area contributed by atoms with Crippen LogP contribution in [0.5, 0.6) is 0 Å². The molecule has 0 bridgehead atoms. The standard InChI is InChI=1S/C17H29NO/c1-6-14-9-11-15(12-10-14)16(18-7-2)17(13(4)5)19-8-3/h9-13,16-18H,6-8H2,1-5H3. The number of aryl methyl sites for hydroxylation is 1. The molecule has 1 N–H and O–H groups in total. The zero-order chi connectivity index (χ0) is 14.3. The van der Waals surface area contributed by atoms with Crippen molar-refractivity contribution < 1.29 is 4.74 Å². The Balaban J connectivity index is 2.95. The van der Waals surface area contributed by atoms with Gasteiger partial charge in [-0.3, -0.25) is 0 Å². The van der Waals surface area contributed by atoms with Crippen LogP contribution in [-0.4, -0.2) is 19.3 Å². The molecule has 2 heteroatoms. The molecule has 2 atom stereocenters. The topological polar surface area (TPSA) is 21.3 Å². The second-order valence-electron chi connectivity index (χ2n) is 5.29. The van der Waals surface area contributed by atoms with E-state index in [1.165, 1.54) is 11.1 Å². The van der Waals surface area contributed by atoms with Gasteiger partial charge in [-0.05, 0) is 36.9 Å². The summed E-state index contributed by atoms with van der Waals surface area (Å²) < 4.78 is 5.97. The van der Waals surface area contributed by atoms with Gasteiger partial charge in [-0.15, -0.1) is 0 Å². The summed E-state index contributed by atoms with van der Waals surface area (Å²) in [7, 11) is 0. The van der Waals surface area contributed by atoms with Gasteiger partial charge in [0.1, 0.15) is 0 Å². The van der Waals surface area contributed by atoms with Crippen molar-refractivity contribution in [2.75, 3.05) is 13.2 Å². The largest absolute Gasteiger partial charge is 0.376 e. The lowest BCUT2D eigenvalue weighted by molar-refractivity contribution is 0.00317. The number of benzene rings is 1. The van der Waals surface area contributed by atoms with Crippen molar-refractivity contribution in [1.82, 2.24) is 5.32 Å². The first-order valence-corrected chi connectivity index (χ1v) is 7.57. The summed E-state index contributed by atoms with van der Waals surface area (Å²) in [5.74, 6) is 0.495. The highest BCUT2D eigenvalue weighted by Crippen LogP contribution is 2.25. The Hall–Kier alpha value is -0.860. The van der Waals surface area contributed by atoms with Crippen molar-refractivity contribution in [3.8, 4) is 0 Å². The van der Waals surface area contributed by atoms with Crippen molar-refractivity contribution in [3.63, 3.8) is 0 Å². The molecule has 0 radical (unpaired) electrons. The molecule has 0 aliphatic carbocycles. The number of nitrogens with one attached hydrogen (secondary N) is 1. The van der Waals surface area contributed by atoms with Crippen molar-refractivity contribution in [2.24, 2.45) is 5.92 Å². The highest BCUT2D eigenvalue weighted by atomic mass is 16.5. The van der Waals surface area contributed by atoms with Gasteiger partial charge in [0, 0.05) is 6.61 Å². The summed E-state index contributed by atoms with van der Waals surface area (Å²) in [6.07, 6.45) is 1.31. The third-order valence-corrected chi connectivity index (χ3v) is 3.52. The molecule has 0 aromatic heterocycles. The molecule has 2 nitrogen and oxygen atoms in total. The van der Waals surface area contributed by atoms with Crippen LogP contribution in [0, 0.1) is 5.92 Å². The number of rotatable bonds is 8. The first kappa shape index (κ1) is 16.2. The normalized spacial score (nSPS) is 14.6. The van der Waals surface area contributed by atoms with E-state index < -0.39 is 0 Å². The molecule has 2 unspecified atom stereocenters. The summed E-state index contributed by atoms with van der Waals surface area (Å²) in [6.45, 7) is 12.6. The zero-order valence-corrected chi connectivity index (χ0v) is 13.1. The van der Waals surface area contributed by atoms with Crippen LogP contribution in [0.1, 0.15) is 51.8 Å². The van der Waals surface area contributed by atoms with Crippen molar-refractivity contribution in [2.45, 2.75) is 53.2 Å². The lowest BCUT2D eigenvalue weighted by atomic mass is 9.92. The molecule has 1 rings (SSSR count). The fraction of sp³-hybridized carbons (Fsp3) is 0.647. The Morgan fingerprint density at radius 3 is 2.11 bits per heavy atom. The fourth-order valence-corrected chi connectivity index (χ4v) is 2.47. The third kappa shape index (κ3) is 4.63. The Labute approximate surface area is 118 Å². The van der Waals surface area contributed by atoms with E-state index in [1.807, 2.05) is 0 Å². The van der Waals surface area contributed by atoms with E-state index in [2.05, 4.69) is 64.2 Å². The monoisotopic (exact) mass is 263 g/mol. The van der Waals surface area contributed by atoms with Crippen molar-refractivity contribution in [3.05, 3.63) is 35.4 Å². The van der Waals surface area contributed by atoms with E-state index in [4.69, 9.17) is 4.74 Å². The second kappa shape index (κ2) is 8.34. The van der Waals surface area contributed by atoms with Gasteiger partial charge in [-0.2, -0.15) is 0 Å². The first-order chi connectivity index (χ1) is 9.13. The SMILES string of the molecule is CCNC(c1ccc(CC)cc1)C(OCC)C(C)C. The molecular formula is C17H29NO. The summed E-state index contributed by atoms with van der Waals surface area (Å²) in [4.78, 5) is 0. The minimum atomic E-state index is 0.220. The molecule has 0 amide bonds. The number of hydrogen-bond donors (Lipinski definition) is 1. The predicted octanol–water partition coefficient (Wildman–Crippen LogP) is 3.96. The predicted molar refractivity (Wildman–Crippen MR) is 82.5 cm³/mol. The molecule has 1 aromatic carbocycles. The molecule has 0 saturated heterocycles. The van der Waals surface area contributed by atoms with Gasteiger partial charge in [0.25, 0.3) is 0 Å². The van der Waals surface area contributed by atoms with Crippen LogP contribution in [0.4, 0.5) is 0 Å². The summed E-state index contributed by atoms with van der Waals surface area (Å²) in [5.41, 5.74) is 2.71. The van der Waals surface area contributed by atoms with Crippen LogP contribution in [0.15, 0.2) is 24.3 Å². The highest BCUT2D eigenvalue weighted by molar-refractivity contribution is 5.26. The van der Waals surface area contributed by atoms with Crippen LogP contribution in [-0.2, 0) is 11.2 Å². The van der Waals surface area contributed by atoms with E-state index in [0.29, 0.717) is 5.92 Å². The van der Waals surface area contributed by atoms with Gasteiger partial charge < -0.3 is 10.1 Å². The van der Waals surface area contributed by atoms with Gasteiger partial charge >= 0.3 is 0 Å². The molecule has 0 spiro atoms. The zero-order valence-electron chi connectivity index (χ0n) is 13.1. The van der Waals surface area contributed by atoms with Crippen molar-refractivity contribution in [1.29, 1.82) is 0 Å². The molecule has 19 heavy (non-hydrogen) atoms. The van der Waals surface area contributed by atoms with Crippen LogP contribution in [0.25, 0.3) is 0 Å². The first-order valence-electron chi connectivity index (χ1n) is 7.57. The molecule has 0 fully saturated rings. The number of hydrogen-bond acceptors (Lipinski definition) is 2. The quantitative estimate of drug-likeness (QED) is 0.766. The smallest absolute Gasteiger partial charge is 0.0792 e. The molecule has 1 aromatic rings.